The summed E-state index contributed by atoms with van der Waals surface area (Å²) in [7, 11) is 0. The number of hydrogen-bond donors (Lipinski definition) is 1. The van der Waals surface area contributed by atoms with Crippen molar-refractivity contribution in [1.29, 1.82) is 0 Å². The van der Waals surface area contributed by atoms with Crippen LogP contribution in [0.2, 0.25) is 5.02 Å². The van der Waals surface area contributed by atoms with Crippen LogP contribution in [0.25, 0.3) is 10.9 Å². The van der Waals surface area contributed by atoms with Crippen LogP contribution in [0.5, 0.6) is 0 Å². The summed E-state index contributed by atoms with van der Waals surface area (Å²) in [6.45, 7) is 1.95. The Morgan fingerprint density at radius 3 is 2.80 bits per heavy atom. The maximum atomic E-state index is 11.0. The van der Waals surface area contributed by atoms with Gasteiger partial charge in [-0.05, 0) is 24.6 Å². The summed E-state index contributed by atoms with van der Waals surface area (Å²) in [5.74, 6) is -0.569. The molecule has 1 aromatic carbocycles. The zero-order valence-corrected chi connectivity index (χ0v) is 8.88. The lowest BCUT2D eigenvalue weighted by molar-refractivity contribution is 0.0996. The van der Waals surface area contributed by atoms with Gasteiger partial charge in [0.1, 0.15) is 5.69 Å². The molecule has 2 N–H and O–H groups in total. The summed E-state index contributed by atoms with van der Waals surface area (Å²) in [6.07, 6.45) is 0. The quantitative estimate of drug-likeness (QED) is 0.802. The number of hydrogen-bond acceptors (Lipinski definition) is 2. The van der Waals surface area contributed by atoms with Crippen LogP contribution in [0.1, 0.15) is 16.1 Å². The zero-order chi connectivity index (χ0) is 11.0. The number of halogens is 1. The molecule has 0 atom stereocenters. The third kappa shape index (κ3) is 1.78. The molecule has 15 heavy (non-hydrogen) atoms. The molecule has 0 bridgehead atoms. The topological polar surface area (TPSA) is 56.0 Å². The van der Waals surface area contributed by atoms with E-state index in [1.54, 1.807) is 0 Å². The van der Waals surface area contributed by atoms with Crippen LogP contribution in [0.4, 0.5) is 0 Å². The van der Waals surface area contributed by atoms with E-state index in [0.717, 1.165) is 10.9 Å². The summed E-state index contributed by atoms with van der Waals surface area (Å²) in [5.41, 5.74) is 7.10. The predicted molar refractivity (Wildman–Crippen MR) is 60.0 cm³/mol. The molecular weight excluding hydrogens is 212 g/mol. The average molecular weight is 221 g/mol. The normalized spacial score (nSPS) is 10.5. The number of nitrogens with two attached hydrogens (primary N) is 1. The molecule has 0 spiro atoms. The van der Waals surface area contributed by atoms with Crippen LogP contribution >= 0.6 is 11.6 Å². The molecule has 0 aliphatic heterocycles. The fourth-order valence-corrected chi connectivity index (χ4v) is 1.69. The molecule has 1 amide bonds. The highest BCUT2D eigenvalue weighted by Crippen LogP contribution is 2.23. The number of amides is 1. The zero-order valence-electron chi connectivity index (χ0n) is 8.12. The van der Waals surface area contributed by atoms with Crippen molar-refractivity contribution in [2.45, 2.75) is 6.92 Å². The van der Waals surface area contributed by atoms with E-state index in [1.165, 1.54) is 6.07 Å². The van der Waals surface area contributed by atoms with Gasteiger partial charge in [0.15, 0.2) is 0 Å². The van der Waals surface area contributed by atoms with Crippen LogP contribution in [0.15, 0.2) is 24.3 Å². The predicted octanol–water partition coefficient (Wildman–Crippen LogP) is 2.30. The Morgan fingerprint density at radius 2 is 2.13 bits per heavy atom. The Morgan fingerprint density at radius 1 is 1.40 bits per heavy atom. The number of aryl methyl sites for hydroxylation is 1. The van der Waals surface area contributed by atoms with Gasteiger partial charge in [-0.25, -0.2) is 4.98 Å². The Bertz CT molecular complexity index is 552. The number of primary amides is 1. The molecule has 0 aliphatic rings. The van der Waals surface area contributed by atoms with Gasteiger partial charge in [0, 0.05) is 5.39 Å². The van der Waals surface area contributed by atoms with E-state index in [2.05, 4.69) is 4.98 Å². The first-order valence-electron chi connectivity index (χ1n) is 4.44. The maximum absolute atomic E-state index is 11.0. The van der Waals surface area contributed by atoms with Gasteiger partial charge in [-0.3, -0.25) is 4.79 Å². The van der Waals surface area contributed by atoms with Crippen LogP contribution in [0.3, 0.4) is 0 Å². The SMILES string of the molecule is Cc1ccc2c(Cl)cc(C(N)=O)nc2c1. The number of aromatic nitrogens is 1. The number of benzene rings is 1. The first kappa shape index (κ1) is 9.93. The number of carbonyl (C=O) groups excluding carboxylic acids is 1. The monoisotopic (exact) mass is 220 g/mol. The minimum Gasteiger partial charge on any atom is -0.364 e. The number of pyridine rings is 1. The maximum Gasteiger partial charge on any atom is 0.267 e. The Kier molecular flexibility index (Phi) is 2.32. The Hall–Kier alpha value is -1.61. The second kappa shape index (κ2) is 3.51. The van der Waals surface area contributed by atoms with Crippen molar-refractivity contribution >= 4 is 28.4 Å². The van der Waals surface area contributed by atoms with E-state index in [9.17, 15) is 4.79 Å². The Labute approximate surface area is 91.9 Å². The average Bonchev–Trinajstić information content (AvgIpc) is 2.16. The molecule has 76 valence electrons. The van der Waals surface area contributed by atoms with Gasteiger partial charge < -0.3 is 5.73 Å². The highest BCUT2D eigenvalue weighted by molar-refractivity contribution is 6.35. The van der Waals surface area contributed by atoms with Gasteiger partial charge in [0.25, 0.3) is 5.91 Å². The van der Waals surface area contributed by atoms with Crippen molar-refractivity contribution in [3.8, 4) is 0 Å². The lowest BCUT2D eigenvalue weighted by atomic mass is 10.1. The van der Waals surface area contributed by atoms with E-state index in [-0.39, 0.29) is 5.69 Å². The summed E-state index contributed by atoms with van der Waals surface area (Å²) in [5, 5.41) is 1.32. The number of nitrogens with zero attached hydrogens (tertiary/aromatic N) is 1. The highest BCUT2D eigenvalue weighted by atomic mass is 35.5. The van der Waals surface area contributed by atoms with Crippen LogP contribution in [0, 0.1) is 6.92 Å². The van der Waals surface area contributed by atoms with Gasteiger partial charge in [-0.15, -0.1) is 0 Å². The van der Waals surface area contributed by atoms with Crippen molar-refractivity contribution < 1.29 is 4.79 Å². The van der Waals surface area contributed by atoms with E-state index in [1.807, 2.05) is 25.1 Å². The number of carbonyl (C=O) groups is 1. The van der Waals surface area contributed by atoms with E-state index in [4.69, 9.17) is 17.3 Å². The lowest BCUT2D eigenvalue weighted by Gasteiger charge is -2.03. The summed E-state index contributed by atoms with van der Waals surface area (Å²) in [4.78, 5) is 15.1. The third-order valence-electron chi connectivity index (χ3n) is 2.17. The molecule has 0 aliphatic carbocycles. The van der Waals surface area contributed by atoms with Gasteiger partial charge in [-0.2, -0.15) is 0 Å². The van der Waals surface area contributed by atoms with Crippen LogP contribution in [-0.2, 0) is 0 Å². The molecule has 0 fully saturated rings. The van der Waals surface area contributed by atoms with Crippen LogP contribution < -0.4 is 5.73 Å². The summed E-state index contributed by atoms with van der Waals surface area (Å²) < 4.78 is 0. The smallest absolute Gasteiger partial charge is 0.267 e. The standard InChI is InChI=1S/C11H9ClN2O/c1-6-2-3-7-8(12)5-10(11(13)15)14-9(7)4-6/h2-5H,1H3,(H2,13,15). The van der Waals surface area contributed by atoms with Crippen molar-refractivity contribution in [2.24, 2.45) is 5.73 Å². The summed E-state index contributed by atoms with van der Waals surface area (Å²) >= 11 is 6.01. The lowest BCUT2D eigenvalue weighted by Crippen LogP contribution is -2.13. The fraction of sp³-hybridized carbons (Fsp3) is 0.0909. The molecule has 2 rings (SSSR count). The molecule has 1 heterocycles. The van der Waals surface area contributed by atoms with Crippen molar-refractivity contribution in [1.82, 2.24) is 4.98 Å². The first-order chi connectivity index (χ1) is 7.08. The highest BCUT2D eigenvalue weighted by Gasteiger charge is 2.07. The van der Waals surface area contributed by atoms with Gasteiger partial charge in [0.05, 0.1) is 10.5 Å². The second-order valence-electron chi connectivity index (χ2n) is 3.37. The van der Waals surface area contributed by atoms with Gasteiger partial charge in [-0.1, -0.05) is 23.7 Å². The molecule has 0 saturated heterocycles. The number of rotatable bonds is 1. The Balaban J connectivity index is 2.79. The molecule has 4 heteroatoms. The van der Waals surface area contributed by atoms with Crippen molar-refractivity contribution in [3.05, 3.63) is 40.5 Å². The van der Waals surface area contributed by atoms with Crippen molar-refractivity contribution in [3.63, 3.8) is 0 Å². The fourth-order valence-electron chi connectivity index (χ4n) is 1.42. The minimum atomic E-state index is -0.569. The van der Waals surface area contributed by atoms with Crippen molar-refractivity contribution in [2.75, 3.05) is 0 Å². The molecular formula is C11H9ClN2O. The van der Waals surface area contributed by atoms with Gasteiger partial charge >= 0.3 is 0 Å². The van der Waals surface area contributed by atoms with Crippen LogP contribution in [-0.4, -0.2) is 10.9 Å². The molecule has 0 radical (unpaired) electrons. The van der Waals surface area contributed by atoms with E-state index >= 15 is 0 Å². The largest absolute Gasteiger partial charge is 0.364 e. The second-order valence-corrected chi connectivity index (χ2v) is 3.78. The molecule has 0 unspecified atom stereocenters. The van der Waals surface area contributed by atoms with E-state index in [0.29, 0.717) is 10.5 Å². The van der Waals surface area contributed by atoms with Gasteiger partial charge in [0.2, 0.25) is 0 Å². The molecule has 3 nitrogen and oxygen atoms in total. The molecule has 1 aromatic heterocycles. The third-order valence-corrected chi connectivity index (χ3v) is 2.48. The summed E-state index contributed by atoms with van der Waals surface area (Å²) in [6, 6.07) is 7.18. The molecule has 2 aromatic rings. The van der Waals surface area contributed by atoms with E-state index < -0.39 is 5.91 Å². The first-order valence-corrected chi connectivity index (χ1v) is 4.82. The number of fused-ring (bicyclic) bond motifs is 1. The molecule has 0 saturated carbocycles. The minimum absolute atomic E-state index is 0.193.